The SMILES string of the molecule is CCc1cnccc1C(C)NCC(=O)Nc1ccc(OCc2ccccc2)cc1. The van der Waals surface area contributed by atoms with Crippen LogP contribution in [0.3, 0.4) is 0 Å². The first-order valence-corrected chi connectivity index (χ1v) is 9.88. The lowest BCUT2D eigenvalue weighted by molar-refractivity contribution is -0.115. The maximum atomic E-state index is 12.3. The van der Waals surface area contributed by atoms with Crippen molar-refractivity contribution in [2.24, 2.45) is 0 Å². The number of carbonyl (C=O) groups excluding carboxylic acids is 1. The van der Waals surface area contributed by atoms with E-state index >= 15 is 0 Å². The molecule has 0 aliphatic rings. The van der Waals surface area contributed by atoms with Gasteiger partial charge in [-0.15, -0.1) is 0 Å². The van der Waals surface area contributed by atoms with E-state index in [-0.39, 0.29) is 18.5 Å². The minimum absolute atomic E-state index is 0.0764. The van der Waals surface area contributed by atoms with Crippen LogP contribution >= 0.6 is 0 Å². The van der Waals surface area contributed by atoms with Gasteiger partial charge >= 0.3 is 0 Å². The normalized spacial score (nSPS) is 11.7. The molecule has 1 unspecified atom stereocenters. The van der Waals surface area contributed by atoms with Crippen LogP contribution in [0, 0.1) is 0 Å². The van der Waals surface area contributed by atoms with Gasteiger partial charge in [0.2, 0.25) is 5.91 Å². The summed E-state index contributed by atoms with van der Waals surface area (Å²) in [5, 5.41) is 6.19. The molecule has 2 aromatic carbocycles. The number of carbonyl (C=O) groups is 1. The molecule has 0 saturated heterocycles. The average molecular weight is 389 g/mol. The Kier molecular flexibility index (Phi) is 7.36. The van der Waals surface area contributed by atoms with Gasteiger partial charge in [0.25, 0.3) is 0 Å². The van der Waals surface area contributed by atoms with Crippen molar-refractivity contribution in [1.82, 2.24) is 10.3 Å². The van der Waals surface area contributed by atoms with Crippen LogP contribution in [-0.4, -0.2) is 17.4 Å². The van der Waals surface area contributed by atoms with E-state index in [2.05, 4.69) is 29.5 Å². The fourth-order valence-electron chi connectivity index (χ4n) is 3.09. The monoisotopic (exact) mass is 389 g/mol. The lowest BCUT2D eigenvalue weighted by Crippen LogP contribution is -2.30. The first-order valence-electron chi connectivity index (χ1n) is 9.88. The number of hydrogen-bond acceptors (Lipinski definition) is 4. The Morgan fingerprint density at radius 3 is 2.55 bits per heavy atom. The van der Waals surface area contributed by atoms with Gasteiger partial charge < -0.3 is 15.4 Å². The Morgan fingerprint density at radius 2 is 1.83 bits per heavy atom. The maximum Gasteiger partial charge on any atom is 0.238 e. The number of hydrogen-bond donors (Lipinski definition) is 2. The number of nitrogens with zero attached hydrogens (tertiary/aromatic N) is 1. The van der Waals surface area contributed by atoms with Crippen LogP contribution in [0.15, 0.2) is 73.1 Å². The number of aryl methyl sites for hydroxylation is 1. The second kappa shape index (κ2) is 10.4. The highest BCUT2D eigenvalue weighted by atomic mass is 16.5. The fourth-order valence-corrected chi connectivity index (χ4v) is 3.09. The summed E-state index contributed by atoms with van der Waals surface area (Å²) in [6, 6.07) is 19.5. The van der Waals surface area contributed by atoms with Crippen LogP contribution in [0.2, 0.25) is 0 Å². The molecule has 1 heterocycles. The summed E-state index contributed by atoms with van der Waals surface area (Å²) in [6.45, 7) is 4.91. The first-order chi connectivity index (χ1) is 14.2. The van der Waals surface area contributed by atoms with Crippen molar-refractivity contribution in [2.75, 3.05) is 11.9 Å². The Hall–Kier alpha value is -3.18. The Morgan fingerprint density at radius 1 is 1.07 bits per heavy atom. The van der Waals surface area contributed by atoms with Crippen LogP contribution in [0.4, 0.5) is 5.69 Å². The standard InChI is InChI=1S/C24H27N3O2/c1-3-20-15-25-14-13-23(20)18(2)26-16-24(28)27-21-9-11-22(12-10-21)29-17-19-7-5-4-6-8-19/h4-15,18,26H,3,16-17H2,1-2H3,(H,27,28). The lowest BCUT2D eigenvalue weighted by atomic mass is 10.0. The Labute approximate surface area is 172 Å². The third-order valence-electron chi connectivity index (χ3n) is 4.74. The van der Waals surface area contributed by atoms with E-state index in [4.69, 9.17) is 4.74 Å². The summed E-state index contributed by atoms with van der Waals surface area (Å²) in [4.78, 5) is 16.5. The molecule has 3 rings (SSSR count). The Balaban J connectivity index is 1.46. The number of pyridine rings is 1. The zero-order valence-electron chi connectivity index (χ0n) is 16.9. The summed E-state index contributed by atoms with van der Waals surface area (Å²) in [5.74, 6) is 0.685. The molecule has 0 bridgehead atoms. The molecular formula is C24H27N3O2. The topological polar surface area (TPSA) is 63.2 Å². The van der Waals surface area contributed by atoms with Gasteiger partial charge in [-0.2, -0.15) is 0 Å². The van der Waals surface area contributed by atoms with E-state index in [9.17, 15) is 4.79 Å². The highest BCUT2D eigenvalue weighted by Crippen LogP contribution is 2.18. The smallest absolute Gasteiger partial charge is 0.238 e. The average Bonchev–Trinajstić information content (AvgIpc) is 2.77. The van der Waals surface area contributed by atoms with E-state index < -0.39 is 0 Å². The molecule has 0 aliphatic heterocycles. The fraction of sp³-hybridized carbons (Fsp3) is 0.250. The van der Waals surface area contributed by atoms with Gasteiger partial charge in [-0.25, -0.2) is 0 Å². The van der Waals surface area contributed by atoms with Crippen LogP contribution in [0.5, 0.6) is 5.75 Å². The first kappa shape index (κ1) is 20.6. The molecule has 0 radical (unpaired) electrons. The molecule has 5 heteroatoms. The van der Waals surface area contributed by atoms with Gasteiger partial charge in [0.1, 0.15) is 12.4 Å². The van der Waals surface area contributed by atoms with Gasteiger partial charge in [-0.05, 0) is 60.4 Å². The zero-order chi connectivity index (χ0) is 20.5. The van der Waals surface area contributed by atoms with Gasteiger partial charge in [0.15, 0.2) is 0 Å². The number of aromatic nitrogens is 1. The lowest BCUT2D eigenvalue weighted by Gasteiger charge is -2.17. The van der Waals surface area contributed by atoms with Crippen molar-refractivity contribution in [3.63, 3.8) is 0 Å². The summed E-state index contributed by atoms with van der Waals surface area (Å²) >= 11 is 0. The maximum absolute atomic E-state index is 12.3. The van der Waals surface area contributed by atoms with Crippen LogP contribution in [-0.2, 0) is 17.8 Å². The second-order valence-corrected chi connectivity index (χ2v) is 6.88. The number of anilines is 1. The third-order valence-corrected chi connectivity index (χ3v) is 4.74. The molecule has 1 amide bonds. The van der Waals surface area contributed by atoms with Crippen LogP contribution in [0.25, 0.3) is 0 Å². The minimum Gasteiger partial charge on any atom is -0.489 e. The molecule has 3 aromatic rings. The van der Waals surface area contributed by atoms with Gasteiger partial charge in [0.05, 0.1) is 6.54 Å². The van der Waals surface area contributed by atoms with Crippen molar-refractivity contribution >= 4 is 11.6 Å². The summed E-state index contributed by atoms with van der Waals surface area (Å²) in [5.41, 5.74) is 4.23. The van der Waals surface area contributed by atoms with Gasteiger partial charge in [0, 0.05) is 24.1 Å². The zero-order valence-corrected chi connectivity index (χ0v) is 16.9. The largest absolute Gasteiger partial charge is 0.489 e. The molecule has 0 fully saturated rings. The molecule has 1 aromatic heterocycles. The van der Waals surface area contributed by atoms with Gasteiger partial charge in [-0.1, -0.05) is 37.3 Å². The molecule has 5 nitrogen and oxygen atoms in total. The van der Waals surface area contributed by atoms with Gasteiger partial charge in [-0.3, -0.25) is 9.78 Å². The van der Waals surface area contributed by atoms with Crippen LogP contribution < -0.4 is 15.4 Å². The van der Waals surface area contributed by atoms with E-state index in [0.717, 1.165) is 23.4 Å². The van der Waals surface area contributed by atoms with E-state index in [0.29, 0.717) is 6.61 Å². The third kappa shape index (κ3) is 6.16. The minimum atomic E-state index is -0.0816. The van der Waals surface area contributed by atoms with Crippen LogP contribution in [0.1, 0.15) is 36.6 Å². The molecule has 150 valence electrons. The predicted octanol–water partition coefficient (Wildman–Crippen LogP) is 4.51. The number of benzene rings is 2. The molecule has 0 spiro atoms. The van der Waals surface area contributed by atoms with Crippen molar-refractivity contribution < 1.29 is 9.53 Å². The summed E-state index contributed by atoms with van der Waals surface area (Å²) < 4.78 is 5.77. The number of amides is 1. The van der Waals surface area contributed by atoms with Crippen molar-refractivity contribution in [2.45, 2.75) is 32.9 Å². The molecule has 1 atom stereocenters. The molecule has 0 aliphatic carbocycles. The van der Waals surface area contributed by atoms with E-state index in [1.165, 1.54) is 11.1 Å². The van der Waals surface area contributed by atoms with Crippen molar-refractivity contribution in [1.29, 1.82) is 0 Å². The predicted molar refractivity (Wildman–Crippen MR) is 116 cm³/mol. The molecule has 29 heavy (non-hydrogen) atoms. The van der Waals surface area contributed by atoms with Crippen molar-refractivity contribution in [3.8, 4) is 5.75 Å². The molecule has 0 saturated carbocycles. The van der Waals surface area contributed by atoms with Crippen molar-refractivity contribution in [3.05, 3.63) is 89.7 Å². The number of rotatable bonds is 9. The summed E-state index contributed by atoms with van der Waals surface area (Å²) in [7, 11) is 0. The van der Waals surface area contributed by atoms with E-state index in [1.807, 2.05) is 66.9 Å². The molecular weight excluding hydrogens is 362 g/mol. The highest BCUT2D eigenvalue weighted by Gasteiger charge is 2.11. The summed E-state index contributed by atoms with van der Waals surface area (Å²) in [6.07, 6.45) is 4.59. The molecule has 2 N–H and O–H groups in total. The number of ether oxygens (including phenoxy) is 1. The highest BCUT2D eigenvalue weighted by molar-refractivity contribution is 5.92. The van der Waals surface area contributed by atoms with E-state index in [1.54, 1.807) is 6.20 Å². The Bertz CT molecular complexity index is 911. The second-order valence-electron chi connectivity index (χ2n) is 6.88. The number of nitrogens with one attached hydrogen (secondary N) is 2. The quantitative estimate of drug-likeness (QED) is 0.565.